The molecule has 3 aliphatic carbocycles. The van der Waals surface area contributed by atoms with Crippen LogP contribution in [0.1, 0.15) is 24.3 Å². The van der Waals surface area contributed by atoms with E-state index in [1.807, 2.05) is 0 Å². The number of allylic oxidation sites excluding steroid dienone is 6. The van der Waals surface area contributed by atoms with Gasteiger partial charge in [0.1, 0.15) is 11.5 Å². The summed E-state index contributed by atoms with van der Waals surface area (Å²) in [5.41, 5.74) is -2.45. The van der Waals surface area contributed by atoms with E-state index in [2.05, 4.69) is 20.7 Å². The number of phenols is 1. The summed E-state index contributed by atoms with van der Waals surface area (Å²) in [5.74, 6) is -9.01. The molecule has 0 unspecified atom stereocenters. The van der Waals surface area contributed by atoms with Crippen LogP contribution in [-0.4, -0.2) is 58.8 Å². The summed E-state index contributed by atoms with van der Waals surface area (Å²) in [6.07, 6.45) is -2.98. The number of aromatic hydroxyl groups is 1. The third kappa shape index (κ3) is 5.44. The zero-order valence-corrected chi connectivity index (χ0v) is 26.8. The van der Waals surface area contributed by atoms with Crippen molar-refractivity contribution in [3.8, 4) is 11.5 Å². The molecular formula is C31H22BrF3N4O10. The fourth-order valence-electron chi connectivity index (χ4n) is 7.23. The van der Waals surface area contributed by atoms with Crippen molar-refractivity contribution in [3.05, 3.63) is 89.5 Å². The van der Waals surface area contributed by atoms with Crippen molar-refractivity contribution < 1.29 is 52.0 Å². The van der Waals surface area contributed by atoms with Crippen LogP contribution in [0.2, 0.25) is 0 Å². The number of anilines is 2. The number of nitrogens with zero attached hydrogens (tertiary/aromatic N) is 4. The van der Waals surface area contributed by atoms with Crippen molar-refractivity contribution >= 4 is 62.1 Å². The van der Waals surface area contributed by atoms with E-state index in [9.17, 15) is 57.7 Å². The number of rotatable bonds is 6. The number of hydrogen-bond donors (Lipinski definition) is 1. The standard InChI is InChI=1S/C31H22BrF3N4O10/c1-36(2)27-20(38(45)46)7-12(8-21(27)39(47)48)37-29(43)15-5-4-14-16(25(15)30(37)44)10-18-26(23(41)11-19(32)28(18)42)24(14)17-9-13(3-6-22(17)40)49-31(33,34)35/h3-4,6-9,11,15-16,24-25,40H,5,10H2,1-2H3/t15-,16+,24+,25-/m0/s1. The summed E-state index contributed by atoms with van der Waals surface area (Å²) in [6.45, 7) is 0. The zero-order valence-electron chi connectivity index (χ0n) is 25.2. The molecule has 0 spiro atoms. The smallest absolute Gasteiger partial charge is 0.508 e. The van der Waals surface area contributed by atoms with Gasteiger partial charge in [-0.1, -0.05) is 11.6 Å². The number of imide groups is 1. The topological polar surface area (TPSA) is 190 Å². The lowest BCUT2D eigenvalue weighted by Gasteiger charge is -2.42. The number of ether oxygens (including phenoxy) is 1. The fourth-order valence-corrected chi connectivity index (χ4v) is 7.68. The molecule has 1 fully saturated rings. The van der Waals surface area contributed by atoms with Crippen molar-refractivity contribution in [2.24, 2.45) is 17.8 Å². The minimum atomic E-state index is -5.11. The van der Waals surface area contributed by atoms with E-state index in [1.54, 1.807) is 0 Å². The molecule has 6 rings (SSSR count). The molecule has 1 N–H and O–H groups in total. The number of alkyl halides is 3. The van der Waals surface area contributed by atoms with Crippen molar-refractivity contribution in [1.82, 2.24) is 0 Å². The monoisotopic (exact) mass is 746 g/mol. The maximum atomic E-state index is 14.2. The predicted molar refractivity (Wildman–Crippen MR) is 166 cm³/mol. The van der Waals surface area contributed by atoms with Gasteiger partial charge in [-0.2, -0.15) is 0 Å². The third-order valence-corrected chi connectivity index (χ3v) is 9.62. The quantitative estimate of drug-likeness (QED) is 0.135. The van der Waals surface area contributed by atoms with E-state index in [0.29, 0.717) is 4.90 Å². The van der Waals surface area contributed by atoms with Crippen LogP contribution in [0.25, 0.3) is 0 Å². The molecule has 0 radical (unpaired) electrons. The van der Waals surface area contributed by atoms with Gasteiger partial charge < -0.3 is 14.7 Å². The maximum Gasteiger partial charge on any atom is 0.573 e. The lowest BCUT2D eigenvalue weighted by molar-refractivity contribution is -0.392. The van der Waals surface area contributed by atoms with Crippen LogP contribution in [0.5, 0.6) is 11.5 Å². The van der Waals surface area contributed by atoms with Gasteiger partial charge in [0.25, 0.3) is 0 Å². The Balaban J connectivity index is 1.50. The Kier molecular flexibility index (Phi) is 7.96. The van der Waals surface area contributed by atoms with Gasteiger partial charge in [-0.15, -0.1) is 13.2 Å². The predicted octanol–water partition coefficient (Wildman–Crippen LogP) is 5.14. The molecule has 0 aromatic heterocycles. The zero-order chi connectivity index (χ0) is 35.9. The van der Waals surface area contributed by atoms with Crippen LogP contribution in [0, 0.1) is 38.0 Å². The van der Waals surface area contributed by atoms with E-state index < -0.39 is 91.8 Å². The highest BCUT2D eigenvalue weighted by molar-refractivity contribution is 9.12. The molecule has 0 saturated carbocycles. The van der Waals surface area contributed by atoms with Gasteiger partial charge in [0.05, 0.1) is 31.9 Å². The van der Waals surface area contributed by atoms with Crippen LogP contribution >= 0.6 is 15.9 Å². The first kappa shape index (κ1) is 33.5. The molecule has 1 saturated heterocycles. The Morgan fingerprint density at radius 1 is 1.00 bits per heavy atom. The summed E-state index contributed by atoms with van der Waals surface area (Å²) >= 11 is 3.05. The van der Waals surface area contributed by atoms with E-state index in [0.717, 1.165) is 41.3 Å². The van der Waals surface area contributed by atoms with Crippen molar-refractivity contribution in [2.45, 2.75) is 25.1 Å². The summed E-state index contributed by atoms with van der Waals surface area (Å²) in [6, 6.07) is 4.41. The van der Waals surface area contributed by atoms with E-state index >= 15 is 0 Å². The molecule has 14 nitrogen and oxygen atoms in total. The highest BCUT2D eigenvalue weighted by Crippen LogP contribution is 2.57. The number of hydrogen-bond acceptors (Lipinski definition) is 11. The van der Waals surface area contributed by atoms with E-state index in [1.165, 1.54) is 20.2 Å². The molecule has 4 atom stereocenters. The molecule has 2 amide bonds. The number of benzene rings is 2. The molecular weight excluding hydrogens is 725 g/mol. The number of fused-ring (bicyclic) bond motifs is 3. The van der Waals surface area contributed by atoms with Crippen molar-refractivity contribution in [2.75, 3.05) is 23.9 Å². The summed E-state index contributed by atoms with van der Waals surface area (Å²) in [5, 5.41) is 34.9. The third-order valence-electron chi connectivity index (χ3n) is 9.03. The Morgan fingerprint density at radius 2 is 1.63 bits per heavy atom. The summed E-state index contributed by atoms with van der Waals surface area (Å²) in [4.78, 5) is 78.9. The molecule has 0 bridgehead atoms. The normalized spacial score (nSPS) is 23.4. The number of nitro groups is 2. The second kappa shape index (κ2) is 11.6. The first-order valence-corrected chi connectivity index (χ1v) is 15.2. The summed E-state index contributed by atoms with van der Waals surface area (Å²) in [7, 11) is 2.69. The highest BCUT2D eigenvalue weighted by Gasteiger charge is 2.57. The molecule has 4 aliphatic rings. The molecule has 49 heavy (non-hydrogen) atoms. The van der Waals surface area contributed by atoms with Gasteiger partial charge in [-0.05, 0) is 52.9 Å². The van der Waals surface area contributed by atoms with Crippen LogP contribution in [0.3, 0.4) is 0 Å². The minimum absolute atomic E-state index is 0.0889. The molecule has 2 aromatic rings. The number of amides is 2. The van der Waals surface area contributed by atoms with Gasteiger partial charge in [-0.25, -0.2) is 4.90 Å². The van der Waals surface area contributed by atoms with E-state index in [4.69, 9.17) is 0 Å². The summed E-state index contributed by atoms with van der Waals surface area (Å²) < 4.78 is 43.4. The Morgan fingerprint density at radius 3 is 2.20 bits per heavy atom. The number of Topliss-reactive ketones (excluding diaryl/α,β-unsaturated/α-hetero) is 1. The largest absolute Gasteiger partial charge is 0.573 e. The fraction of sp³-hybridized carbons (Fsp3) is 0.290. The number of halogens is 4. The van der Waals surface area contributed by atoms with Gasteiger partial charge in [-0.3, -0.25) is 39.4 Å². The van der Waals surface area contributed by atoms with E-state index in [-0.39, 0.29) is 45.3 Å². The Hall–Kier alpha value is -5.39. The average molecular weight is 747 g/mol. The molecule has 1 aliphatic heterocycles. The second-order valence-corrected chi connectivity index (χ2v) is 12.8. The van der Waals surface area contributed by atoms with Gasteiger partial charge in [0.2, 0.25) is 11.8 Å². The van der Waals surface area contributed by atoms with Gasteiger partial charge in [0.15, 0.2) is 17.3 Å². The maximum absolute atomic E-state index is 14.2. The van der Waals surface area contributed by atoms with Crippen molar-refractivity contribution in [1.29, 1.82) is 0 Å². The SMILES string of the molecule is CN(C)c1c([N+](=O)[O-])cc(N2C(=O)[C@H]3[C@H](CC=C4[C@H](c5cc(OC(F)(F)F)ccc5O)C5=C(C[C@H]43)C(=O)C(Br)=CC5=O)C2=O)cc1[N+](=O)[O-]. The molecule has 254 valence electrons. The Labute approximate surface area is 281 Å². The highest BCUT2D eigenvalue weighted by atomic mass is 79.9. The lowest BCUT2D eigenvalue weighted by atomic mass is 9.59. The first-order chi connectivity index (χ1) is 22.9. The first-order valence-electron chi connectivity index (χ1n) is 14.4. The van der Waals surface area contributed by atoms with Crippen LogP contribution < -0.4 is 14.5 Å². The van der Waals surface area contributed by atoms with Gasteiger partial charge >= 0.3 is 17.7 Å². The second-order valence-electron chi connectivity index (χ2n) is 11.9. The lowest BCUT2D eigenvalue weighted by Crippen LogP contribution is -2.39. The number of nitro benzene ring substituents is 2. The van der Waals surface area contributed by atoms with Gasteiger partial charge in [0, 0.05) is 54.9 Å². The molecule has 18 heteroatoms. The van der Waals surface area contributed by atoms with Crippen LogP contribution in [0.15, 0.2) is 63.7 Å². The number of ketones is 2. The molecule has 2 aromatic carbocycles. The number of phenolic OH excluding ortho intramolecular Hbond substituents is 1. The van der Waals surface area contributed by atoms with Crippen LogP contribution in [0.4, 0.5) is 35.9 Å². The average Bonchev–Trinajstić information content (AvgIpc) is 3.27. The number of carbonyl (C=O) groups is 4. The number of carbonyl (C=O) groups excluding carboxylic acids is 4. The Bertz CT molecular complexity index is 1990. The molecule has 1 heterocycles. The minimum Gasteiger partial charge on any atom is -0.508 e. The van der Waals surface area contributed by atoms with Crippen LogP contribution in [-0.2, 0) is 19.2 Å². The van der Waals surface area contributed by atoms with Crippen molar-refractivity contribution in [3.63, 3.8) is 0 Å².